The molecule has 176 valence electrons. The monoisotopic (exact) mass is 459 g/mol. The van der Waals surface area contributed by atoms with Gasteiger partial charge in [-0.2, -0.15) is 5.10 Å². The maximum Gasteiger partial charge on any atom is 0.264 e. The molecule has 0 bridgehead atoms. The molecule has 1 fully saturated rings. The molecule has 8 nitrogen and oxygen atoms in total. The zero-order chi connectivity index (χ0) is 24.0. The van der Waals surface area contributed by atoms with Gasteiger partial charge in [0, 0.05) is 30.1 Å². The molecule has 1 saturated heterocycles. The van der Waals surface area contributed by atoms with Crippen LogP contribution in [0.1, 0.15) is 45.7 Å². The molecule has 0 N–H and O–H groups in total. The third kappa shape index (κ3) is 3.98. The summed E-state index contributed by atoms with van der Waals surface area (Å²) in [5, 5.41) is 4.79. The fourth-order valence-corrected chi connectivity index (χ4v) is 4.92. The third-order valence-electron chi connectivity index (χ3n) is 6.60. The van der Waals surface area contributed by atoms with Crippen molar-refractivity contribution in [3.05, 3.63) is 75.2 Å². The smallest absolute Gasteiger partial charge is 0.264 e. The molecular formula is C26H29N5O3. The Morgan fingerprint density at radius 2 is 1.88 bits per heavy atom. The first-order chi connectivity index (χ1) is 16.3. The van der Waals surface area contributed by atoms with E-state index in [0.717, 1.165) is 54.2 Å². The van der Waals surface area contributed by atoms with Gasteiger partial charge in [0.2, 0.25) is 0 Å². The number of benzene rings is 1. The van der Waals surface area contributed by atoms with Crippen LogP contribution < -0.4 is 5.56 Å². The van der Waals surface area contributed by atoms with E-state index < -0.39 is 0 Å². The normalized spacial score (nSPS) is 15.9. The van der Waals surface area contributed by atoms with Crippen LogP contribution in [0.5, 0.6) is 0 Å². The van der Waals surface area contributed by atoms with Crippen LogP contribution in [-0.2, 0) is 17.8 Å². The van der Waals surface area contributed by atoms with Crippen molar-refractivity contribution in [2.75, 3.05) is 6.61 Å². The van der Waals surface area contributed by atoms with E-state index in [0.29, 0.717) is 16.6 Å². The highest BCUT2D eigenvalue weighted by Gasteiger charge is 2.22. The lowest BCUT2D eigenvalue weighted by Crippen LogP contribution is -2.25. The summed E-state index contributed by atoms with van der Waals surface area (Å²) in [5.74, 6) is -0.114. The van der Waals surface area contributed by atoms with Gasteiger partial charge in [0.25, 0.3) is 5.56 Å². The summed E-state index contributed by atoms with van der Waals surface area (Å²) in [4.78, 5) is 30.8. The zero-order valence-corrected chi connectivity index (χ0v) is 20.0. The number of hydrogen-bond acceptors (Lipinski definition) is 5. The molecule has 0 spiro atoms. The Bertz CT molecular complexity index is 1430. The van der Waals surface area contributed by atoms with Gasteiger partial charge in [-0.1, -0.05) is 6.07 Å². The van der Waals surface area contributed by atoms with Crippen molar-refractivity contribution in [2.45, 2.75) is 59.7 Å². The molecule has 0 aliphatic carbocycles. The molecule has 5 rings (SSSR count). The highest BCUT2D eigenvalue weighted by molar-refractivity contribution is 5.97. The maximum atomic E-state index is 13.2. The van der Waals surface area contributed by atoms with Crippen molar-refractivity contribution in [2.24, 2.45) is 0 Å². The quantitative estimate of drug-likeness (QED) is 0.411. The minimum atomic E-state index is -0.276. The Labute approximate surface area is 197 Å². The Hall–Kier alpha value is -3.52. The predicted octanol–water partition coefficient (Wildman–Crippen LogP) is 3.68. The van der Waals surface area contributed by atoms with Crippen molar-refractivity contribution in [3.63, 3.8) is 0 Å². The lowest BCUT2D eigenvalue weighted by atomic mass is 10.1. The first kappa shape index (κ1) is 22.3. The number of nitrogens with zero attached hydrogens (tertiary/aromatic N) is 5. The van der Waals surface area contributed by atoms with Gasteiger partial charge in [0.15, 0.2) is 11.4 Å². The van der Waals surface area contributed by atoms with Crippen molar-refractivity contribution >= 4 is 16.8 Å². The Morgan fingerprint density at radius 1 is 1.12 bits per heavy atom. The van der Waals surface area contributed by atoms with Gasteiger partial charge in [-0.25, -0.2) is 9.67 Å². The number of carbonyl (C=O) groups excluding carboxylic acids is 1. The molecule has 1 aliphatic heterocycles. The van der Waals surface area contributed by atoms with Crippen LogP contribution in [0.25, 0.3) is 16.7 Å². The number of fused-ring (bicyclic) bond motifs is 1. The van der Waals surface area contributed by atoms with Crippen molar-refractivity contribution in [3.8, 4) is 5.69 Å². The van der Waals surface area contributed by atoms with Crippen LogP contribution in [-0.4, -0.2) is 42.4 Å². The van der Waals surface area contributed by atoms with Crippen LogP contribution in [0.2, 0.25) is 0 Å². The van der Waals surface area contributed by atoms with Gasteiger partial charge in [0.05, 0.1) is 24.5 Å². The standard InChI is InChI=1S/C26H29N5O3/c1-16-8-17(2)10-20(9-16)31-25-23(12-28-31)26(33)29(15-27-25)14-24(32)22-11-18(3)30(19(22)4)13-21-6-5-7-34-21/h8-12,15,21H,5-7,13-14H2,1-4H3/t21-/m0/s1. The maximum absolute atomic E-state index is 13.2. The van der Waals surface area contributed by atoms with Crippen LogP contribution >= 0.6 is 0 Å². The van der Waals surface area contributed by atoms with E-state index >= 15 is 0 Å². The number of Topliss-reactive ketones (excluding diaryl/α,β-unsaturated/α-hetero) is 1. The third-order valence-corrected chi connectivity index (χ3v) is 6.60. The second kappa shape index (κ2) is 8.68. The minimum absolute atomic E-state index is 0.0687. The first-order valence-corrected chi connectivity index (χ1v) is 11.6. The van der Waals surface area contributed by atoms with E-state index in [2.05, 4.69) is 20.7 Å². The molecule has 0 unspecified atom stereocenters. The summed E-state index contributed by atoms with van der Waals surface area (Å²) < 4.78 is 10.9. The topological polar surface area (TPSA) is 83.9 Å². The van der Waals surface area contributed by atoms with E-state index in [4.69, 9.17) is 4.74 Å². The molecule has 4 aromatic rings. The van der Waals surface area contributed by atoms with Gasteiger partial charge < -0.3 is 9.30 Å². The second-order valence-electron chi connectivity index (χ2n) is 9.27. The average molecular weight is 460 g/mol. The summed E-state index contributed by atoms with van der Waals surface area (Å²) in [6.07, 6.45) is 5.27. The Morgan fingerprint density at radius 3 is 2.59 bits per heavy atom. The summed E-state index contributed by atoms with van der Waals surface area (Å²) in [6, 6.07) is 7.99. The minimum Gasteiger partial charge on any atom is -0.376 e. The van der Waals surface area contributed by atoms with Crippen LogP contribution in [0.4, 0.5) is 0 Å². The molecule has 0 saturated carbocycles. The highest BCUT2D eigenvalue weighted by Crippen LogP contribution is 2.21. The lowest BCUT2D eigenvalue weighted by Gasteiger charge is -2.14. The zero-order valence-electron chi connectivity index (χ0n) is 20.0. The lowest BCUT2D eigenvalue weighted by molar-refractivity contribution is 0.0948. The fraction of sp³-hybridized carbons (Fsp3) is 0.385. The molecule has 3 aromatic heterocycles. The molecule has 0 amide bonds. The molecule has 8 heteroatoms. The number of rotatable bonds is 6. The predicted molar refractivity (Wildman–Crippen MR) is 130 cm³/mol. The van der Waals surface area contributed by atoms with E-state index in [9.17, 15) is 9.59 Å². The van der Waals surface area contributed by atoms with Gasteiger partial charge in [-0.15, -0.1) is 0 Å². The summed E-state index contributed by atoms with van der Waals surface area (Å²) in [6.45, 7) is 9.47. The molecule has 1 aliphatic rings. The molecule has 4 heterocycles. The number of ether oxygens (including phenoxy) is 1. The fourth-order valence-electron chi connectivity index (χ4n) is 4.92. The van der Waals surface area contributed by atoms with E-state index in [1.807, 2.05) is 45.9 Å². The summed E-state index contributed by atoms with van der Waals surface area (Å²) in [7, 11) is 0. The second-order valence-corrected chi connectivity index (χ2v) is 9.27. The summed E-state index contributed by atoms with van der Waals surface area (Å²) in [5.41, 5.74) is 5.83. The van der Waals surface area contributed by atoms with Crippen LogP contribution in [0.15, 0.2) is 41.6 Å². The van der Waals surface area contributed by atoms with Crippen LogP contribution in [0, 0.1) is 27.7 Å². The van der Waals surface area contributed by atoms with Crippen molar-refractivity contribution in [1.29, 1.82) is 0 Å². The number of ketones is 1. The van der Waals surface area contributed by atoms with Crippen molar-refractivity contribution in [1.82, 2.24) is 23.9 Å². The summed E-state index contributed by atoms with van der Waals surface area (Å²) >= 11 is 0. The molecule has 1 atom stereocenters. The van der Waals surface area contributed by atoms with E-state index in [1.54, 1.807) is 4.68 Å². The van der Waals surface area contributed by atoms with Gasteiger partial charge in [-0.3, -0.25) is 14.2 Å². The Kier molecular flexibility index (Phi) is 5.69. The van der Waals surface area contributed by atoms with Crippen molar-refractivity contribution < 1.29 is 9.53 Å². The van der Waals surface area contributed by atoms with E-state index in [1.165, 1.54) is 17.1 Å². The van der Waals surface area contributed by atoms with Gasteiger partial charge >= 0.3 is 0 Å². The van der Waals surface area contributed by atoms with Gasteiger partial charge in [-0.05, 0) is 69.9 Å². The number of aryl methyl sites for hydroxylation is 3. The molecular weight excluding hydrogens is 430 g/mol. The average Bonchev–Trinajstić information content (AvgIpc) is 3.51. The number of carbonyl (C=O) groups is 1. The number of hydrogen-bond donors (Lipinski definition) is 0. The number of aromatic nitrogens is 5. The Balaban J connectivity index is 1.43. The highest BCUT2D eigenvalue weighted by atomic mass is 16.5. The SMILES string of the molecule is Cc1cc(C)cc(-n2ncc3c(=O)n(CC(=O)c4cc(C)n(C[C@@H]5CCCO5)c4C)cnc32)c1. The molecule has 34 heavy (non-hydrogen) atoms. The molecule has 0 radical (unpaired) electrons. The van der Waals surface area contributed by atoms with E-state index in [-0.39, 0.29) is 24.0 Å². The van der Waals surface area contributed by atoms with Gasteiger partial charge in [0.1, 0.15) is 11.7 Å². The largest absolute Gasteiger partial charge is 0.376 e. The molecule has 1 aromatic carbocycles. The first-order valence-electron chi connectivity index (χ1n) is 11.6. The van der Waals surface area contributed by atoms with Crippen LogP contribution in [0.3, 0.4) is 0 Å².